The summed E-state index contributed by atoms with van der Waals surface area (Å²) in [4.78, 5) is 12.6. The largest absolute Gasteiger partial charge is 0.315 e. The van der Waals surface area contributed by atoms with Crippen LogP contribution in [0.15, 0.2) is 48.2 Å². The Bertz CT molecular complexity index is 760. The van der Waals surface area contributed by atoms with Crippen LogP contribution in [-0.4, -0.2) is 15.0 Å². The number of hydrogen-bond acceptors (Lipinski definition) is 6. The maximum Gasteiger partial charge on any atom is 0.188 e. The number of anilines is 2. The second-order valence-electron chi connectivity index (χ2n) is 3.95. The SMILES string of the molecule is N#Cc1cccc(-c2csc(Nc3cnccn3)n2)c1. The highest BCUT2D eigenvalue weighted by Crippen LogP contribution is 2.26. The van der Waals surface area contributed by atoms with Crippen molar-refractivity contribution in [3.05, 3.63) is 53.8 Å². The number of thiazole rings is 1. The summed E-state index contributed by atoms with van der Waals surface area (Å²) in [7, 11) is 0. The van der Waals surface area contributed by atoms with Gasteiger partial charge in [0.25, 0.3) is 0 Å². The molecule has 0 atom stereocenters. The Balaban J connectivity index is 1.85. The summed E-state index contributed by atoms with van der Waals surface area (Å²) in [6.07, 6.45) is 4.87. The van der Waals surface area contributed by atoms with Gasteiger partial charge in [0.2, 0.25) is 0 Å². The van der Waals surface area contributed by atoms with Crippen LogP contribution in [0.5, 0.6) is 0 Å². The number of benzene rings is 1. The molecule has 0 fully saturated rings. The molecule has 1 aromatic carbocycles. The number of nitriles is 1. The van der Waals surface area contributed by atoms with Crippen molar-refractivity contribution in [1.82, 2.24) is 15.0 Å². The van der Waals surface area contributed by atoms with E-state index < -0.39 is 0 Å². The van der Waals surface area contributed by atoms with Gasteiger partial charge in [0.05, 0.1) is 23.5 Å². The summed E-state index contributed by atoms with van der Waals surface area (Å²) < 4.78 is 0. The van der Waals surface area contributed by atoms with Crippen molar-refractivity contribution in [2.24, 2.45) is 0 Å². The molecule has 0 bridgehead atoms. The smallest absolute Gasteiger partial charge is 0.188 e. The first-order chi connectivity index (χ1) is 9.85. The van der Waals surface area contributed by atoms with Crippen LogP contribution in [0, 0.1) is 11.3 Å². The molecule has 3 aromatic rings. The maximum atomic E-state index is 8.91. The molecular weight excluding hydrogens is 270 g/mol. The van der Waals surface area contributed by atoms with Crippen LogP contribution in [0.1, 0.15) is 5.56 Å². The highest BCUT2D eigenvalue weighted by atomic mass is 32.1. The molecule has 0 unspecified atom stereocenters. The molecule has 2 heterocycles. The lowest BCUT2D eigenvalue weighted by molar-refractivity contribution is 1.19. The molecule has 0 radical (unpaired) electrons. The van der Waals surface area contributed by atoms with Crippen molar-refractivity contribution in [3.8, 4) is 17.3 Å². The summed E-state index contributed by atoms with van der Waals surface area (Å²) in [6, 6.07) is 9.50. The summed E-state index contributed by atoms with van der Waals surface area (Å²) >= 11 is 1.48. The van der Waals surface area contributed by atoms with Gasteiger partial charge in [0.15, 0.2) is 10.9 Å². The fourth-order valence-corrected chi connectivity index (χ4v) is 2.41. The van der Waals surface area contributed by atoms with Crippen LogP contribution >= 0.6 is 11.3 Å². The Morgan fingerprint density at radius 1 is 1.25 bits per heavy atom. The van der Waals surface area contributed by atoms with Crippen molar-refractivity contribution in [1.29, 1.82) is 5.26 Å². The van der Waals surface area contributed by atoms with E-state index in [0.717, 1.165) is 16.4 Å². The third kappa shape index (κ3) is 2.63. The summed E-state index contributed by atoms with van der Waals surface area (Å²) in [6.45, 7) is 0. The van der Waals surface area contributed by atoms with E-state index in [0.29, 0.717) is 11.4 Å². The number of aromatic nitrogens is 3. The average Bonchev–Trinajstić information content (AvgIpc) is 2.97. The Kier molecular flexibility index (Phi) is 3.35. The van der Waals surface area contributed by atoms with Crippen LogP contribution in [0.3, 0.4) is 0 Å². The molecule has 0 aliphatic heterocycles. The zero-order valence-electron chi connectivity index (χ0n) is 10.3. The molecule has 3 rings (SSSR count). The maximum absolute atomic E-state index is 8.91. The quantitative estimate of drug-likeness (QED) is 0.796. The van der Waals surface area contributed by atoms with Gasteiger partial charge in [-0.15, -0.1) is 11.3 Å². The standard InChI is InChI=1S/C14H9N5S/c15-7-10-2-1-3-11(6-10)12-9-20-14(18-12)19-13-8-16-4-5-17-13/h1-6,8-9H,(H,17,18,19). The lowest BCUT2D eigenvalue weighted by Gasteiger charge is -1.99. The van der Waals surface area contributed by atoms with E-state index in [1.807, 2.05) is 23.6 Å². The van der Waals surface area contributed by atoms with E-state index in [4.69, 9.17) is 5.26 Å². The van der Waals surface area contributed by atoms with Crippen molar-refractivity contribution in [2.75, 3.05) is 5.32 Å². The van der Waals surface area contributed by atoms with Gasteiger partial charge < -0.3 is 5.32 Å². The first-order valence-electron chi connectivity index (χ1n) is 5.84. The van der Waals surface area contributed by atoms with E-state index in [2.05, 4.69) is 26.3 Å². The molecule has 0 amide bonds. The minimum Gasteiger partial charge on any atom is -0.315 e. The van der Waals surface area contributed by atoms with E-state index in [-0.39, 0.29) is 0 Å². The van der Waals surface area contributed by atoms with Gasteiger partial charge >= 0.3 is 0 Å². The number of hydrogen-bond donors (Lipinski definition) is 1. The minimum atomic E-state index is 0.624. The number of rotatable bonds is 3. The van der Waals surface area contributed by atoms with Crippen LogP contribution in [-0.2, 0) is 0 Å². The van der Waals surface area contributed by atoms with Crippen molar-refractivity contribution in [2.45, 2.75) is 0 Å². The molecule has 0 aliphatic carbocycles. The van der Waals surface area contributed by atoms with E-state index >= 15 is 0 Å². The second-order valence-corrected chi connectivity index (χ2v) is 4.80. The summed E-state index contributed by atoms with van der Waals surface area (Å²) in [5, 5.41) is 14.7. The summed E-state index contributed by atoms with van der Waals surface area (Å²) in [5.41, 5.74) is 2.38. The molecule has 20 heavy (non-hydrogen) atoms. The van der Waals surface area contributed by atoms with Crippen LogP contribution < -0.4 is 5.32 Å². The number of nitrogens with zero attached hydrogens (tertiary/aromatic N) is 4. The zero-order chi connectivity index (χ0) is 13.8. The molecule has 0 saturated carbocycles. The molecule has 1 N–H and O–H groups in total. The lowest BCUT2D eigenvalue weighted by Crippen LogP contribution is -1.92. The number of nitrogens with one attached hydrogen (secondary N) is 1. The molecule has 0 spiro atoms. The van der Waals surface area contributed by atoms with Crippen LogP contribution in [0.4, 0.5) is 10.9 Å². The monoisotopic (exact) mass is 279 g/mol. The van der Waals surface area contributed by atoms with Gasteiger partial charge in [-0.05, 0) is 12.1 Å². The Hall–Kier alpha value is -2.78. The first-order valence-corrected chi connectivity index (χ1v) is 6.72. The van der Waals surface area contributed by atoms with Crippen molar-refractivity contribution in [3.63, 3.8) is 0 Å². The minimum absolute atomic E-state index is 0.624. The molecule has 0 saturated heterocycles. The van der Waals surface area contributed by atoms with E-state index in [1.54, 1.807) is 24.7 Å². The Morgan fingerprint density at radius 3 is 3.00 bits per heavy atom. The molecule has 2 aromatic heterocycles. The van der Waals surface area contributed by atoms with Gasteiger partial charge in [-0.1, -0.05) is 12.1 Å². The molecule has 0 aliphatic rings. The molecule has 96 valence electrons. The van der Waals surface area contributed by atoms with Gasteiger partial charge in [0, 0.05) is 23.3 Å². The lowest BCUT2D eigenvalue weighted by atomic mass is 10.1. The van der Waals surface area contributed by atoms with Gasteiger partial charge in [0.1, 0.15) is 0 Å². The Labute approximate surface area is 119 Å². The highest BCUT2D eigenvalue weighted by Gasteiger charge is 2.06. The molecule has 6 heteroatoms. The van der Waals surface area contributed by atoms with Crippen LogP contribution in [0.25, 0.3) is 11.3 Å². The third-order valence-corrected chi connectivity index (χ3v) is 3.35. The third-order valence-electron chi connectivity index (χ3n) is 2.59. The Morgan fingerprint density at radius 2 is 2.20 bits per heavy atom. The summed E-state index contributed by atoms with van der Waals surface area (Å²) in [5.74, 6) is 0.652. The second kappa shape index (κ2) is 5.47. The van der Waals surface area contributed by atoms with Crippen molar-refractivity contribution >= 4 is 22.3 Å². The fourth-order valence-electron chi connectivity index (χ4n) is 1.69. The van der Waals surface area contributed by atoms with E-state index in [1.165, 1.54) is 11.3 Å². The van der Waals surface area contributed by atoms with Gasteiger partial charge in [-0.3, -0.25) is 4.98 Å². The van der Waals surface area contributed by atoms with Crippen LogP contribution in [0.2, 0.25) is 0 Å². The fraction of sp³-hybridized carbons (Fsp3) is 0. The highest BCUT2D eigenvalue weighted by molar-refractivity contribution is 7.14. The van der Waals surface area contributed by atoms with Gasteiger partial charge in [-0.2, -0.15) is 5.26 Å². The molecule has 5 nitrogen and oxygen atoms in total. The first kappa shape index (κ1) is 12.3. The zero-order valence-corrected chi connectivity index (χ0v) is 11.1. The molecular formula is C14H9N5S. The average molecular weight is 279 g/mol. The normalized spacial score (nSPS) is 9.95. The predicted molar refractivity (Wildman–Crippen MR) is 77.6 cm³/mol. The topological polar surface area (TPSA) is 74.5 Å². The van der Waals surface area contributed by atoms with Gasteiger partial charge in [-0.25, -0.2) is 9.97 Å². The van der Waals surface area contributed by atoms with Crippen molar-refractivity contribution < 1.29 is 0 Å². The predicted octanol–water partition coefficient (Wildman–Crippen LogP) is 3.22. The van der Waals surface area contributed by atoms with E-state index in [9.17, 15) is 0 Å².